The van der Waals surface area contributed by atoms with E-state index in [9.17, 15) is 14.9 Å². The second kappa shape index (κ2) is 8.77. The first-order chi connectivity index (χ1) is 13.5. The summed E-state index contributed by atoms with van der Waals surface area (Å²) in [6.07, 6.45) is 0.228. The Labute approximate surface area is 168 Å². The minimum Gasteiger partial charge on any atom is -0.325 e. The van der Waals surface area contributed by atoms with Crippen molar-refractivity contribution < 1.29 is 9.59 Å². The van der Waals surface area contributed by atoms with Crippen LogP contribution in [0.2, 0.25) is 0 Å². The van der Waals surface area contributed by atoms with Crippen molar-refractivity contribution in [3.63, 3.8) is 0 Å². The van der Waals surface area contributed by atoms with Gasteiger partial charge in [-0.2, -0.15) is 5.26 Å². The maximum absolute atomic E-state index is 12.3. The SMILES string of the molecule is Cc1ccc([C@@H]2CC(=O)NC(SCC(=O)Nc3ccccc3C)=C2C#N)cc1. The van der Waals surface area contributed by atoms with E-state index in [1.807, 2.05) is 62.4 Å². The summed E-state index contributed by atoms with van der Waals surface area (Å²) in [4.78, 5) is 24.5. The molecule has 1 atom stereocenters. The minimum absolute atomic E-state index is 0.107. The molecule has 2 aromatic carbocycles. The lowest BCUT2D eigenvalue weighted by molar-refractivity contribution is -0.121. The molecule has 0 aliphatic carbocycles. The molecule has 0 aromatic heterocycles. The summed E-state index contributed by atoms with van der Waals surface area (Å²) in [7, 11) is 0. The van der Waals surface area contributed by atoms with Gasteiger partial charge in [-0.05, 0) is 31.0 Å². The number of aryl methyl sites for hydroxylation is 2. The lowest BCUT2D eigenvalue weighted by Gasteiger charge is -2.25. The van der Waals surface area contributed by atoms with Gasteiger partial charge in [0.05, 0.1) is 22.4 Å². The van der Waals surface area contributed by atoms with Gasteiger partial charge >= 0.3 is 0 Å². The molecular formula is C22H21N3O2S. The highest BCUT2D eigenvalue weighted by molar-refractivity contribution is 8.03. The smallest absolute Gasteiger partial charge is 0.234 e. The van der Waals surface area contributed by atoms with Gasteiger partial charge in [0.2, 0.25) is 11.8 Å². The van der Waals surface area contributed by atoms with Gasteiger partial charge in [0.25, 0.3) is 0 Å². The number of carbonyl (C=O) groups excluding carboxylic acids is 2. The van der Waals surface area contributed by atoms with Crippen LogP contribution in [0.15, 0.2) is 59.1 Å². The van der Waals surface area contributed by atoms with Crippen LogP contribution in [-0.4, -0.2) is 17.6 Å². The van der Waals surface area contributed by atoms with Crippen molar-refractivity contribution in [1.82, 2.24) is 5.32 Å². The number of allylic oxidation sites excluding steroid dienone is 1. The Balaban J connectivity index is 1.76. The number of rotatable bonds is 5. The number of benzene rings is 2. The molecule has 3 rings (SSSR count). The number of hydrogen-bond donors (Lipinski definition) is 2. The maximum atomic E-state index is 12.3. The average molecular weight is 391 g/mol. The Morgan fingerprint density at radius 3 is 2.61 bits per heavy atom. The Bertz CT molecular complexity index is 974. The van der Waals surface area contributed by atoms with Gasteiger partial charge in [-0.3, -0.25) is 9.59 Å². The fourth-order valence-corrected chi connectivity index (χ4v) is 3.93. The molecular weight excluding hydrogens is 370 g/mol. The van der Waals surface area contributed by atoms with Crippen LogP contribution in [0.25, 0.3) is 0 Å². The Kier molecular flexibility index (Phi) is 6.17. The van der Waals surface area contributed by atoms with E-state index in [4.69, 9.17) is 0 Å². The topological polar surface area (TPSA) is 82.0 Å². The summed E-state index contributed by atoms with van der Waals surface area (Å²) in [5, 5.41) is 15.8. The van der Waals surface area contributed by atoms with Crippen molar-refractivity contribution in [2.45, 2.75) is 26.2 Å². The second-order valence-electron chi connectivity index (χ2n) is 6.72. The number of anilines is 1. The van der Waals surface area contributed by atoms with Crippen LogP contribution in [0, 0.1) is 25.2 Å². The standard InChI is InChI=1S/C22H21N3O2S/c1-14-7-9-16(10-8-14)17-11-20(26)25-22(18(17)12-23)28-13-21(27)24-19-6-4-3-5-15(19)2/h3-10,17H,11,13H2,1-2H3,(H,24,27)(H,25,26)/t17-/m0/s1. The third-order valence-corrected chi connectivity index (χ3v) is 5.62. The number of thioether (sulfide) groups is 1. The van der Waals surface area contributed by atoms with E-state index in [0.29, 0.717) is 10.6 Å². The van der Waals surface area contributed by atoms with Gasteiger partial charge in [-0.25, -0.2) is 0 Å². The molecule has 0 unspecified atom stereocenters. The molecule has 1 aliphatic heterocycles. The first kappa shape index (κ1) is 19.7. The Hall–Kier alpha value is -3.04. The summed E-state index contributed by atoms with van der Waals surface area (Å²) in [5.74, 6) is -0.515. The second-order valence-corrected chi connectivity index (χ2v) is 7.71. The van der Waals surface area contributed by atoms with Gasteiger partial charge in [0.1, 0.15) is 0 Å². The van der Waals surface area contributed by atoms with E-state index in [2.05, 4.69) is 16.7 Å². The number of hydrogen-bond acceptors (Lipinski definition) is 4. The summed E-state index contributed by atoms with van der Waals surface area (Å²) >= 11 is 1.18. The predicted molar refractivity (Wildman–Crippen MR) is 112 cm³/mol. The highest BCUT2D eigenvalue weighted by Crippen LogP contribution is 2.36. The number of para-hydroxylation sites is 1. The lowest BCUT2D eigenvalue weighted by atomic mass is 9.87. The molecule has 0 fully saturated rings. The number of amides is 2. The Morgan fingerprint density at radius 2 is 1.93 bits per heavy atom. The zero-order chi connectivity index (χ0) is 20.1. The first-order valence-corrected chi connectivity index (χ1v) is 9.95. The summed E-state index contributed by atoms with van der Waals surface area (Å²) in [6.45, 7) is 3.92. The zero-order valence-corrected chi connectivity index (χ0v) is 16.6. The summed E-state index contributed by atoms with van der Waals surface area (Å²) in [5.41, 5.74) is 4.28. The fraction of sp³-hybridized carbons (Fsp3) is 0.227. The molecule has 0 spiro atoms. The third-order valence-electron chi connectivity index (χ3n) is 4.60. The summed E-state index contributed by atoms with van der Waals surface area (Å²) in [6, 6.07) is 17.6. The van der Waals surface area contributed by atoms with E-state index >= 15 is 0 Å². The van der Waals surface area contributed by atoms with Crippen LogP contribution < -0.4 is 10.6 Å². The number of nitrogens with one attached hydrogen (secondary N) is 2. The van der Waals surface area contributed by atoms with E-state index in [0.717, 1.165) is 22.4 Å². The van der Waals surface area contributed by atoms with Crippen LogP contribution in [0.5, 0.6) is 0 Å². The van der Waals surface area contributed by atoms with E-state index in [1.165, 1.54) is 11.8 Å². The number of nitriles is 1. The monoisotopic (exact) mass is 391 g/mol. The van der Waals surface area contributed by atoms with Crippen LogP contribution in [0.1, 0.15) is 29.0 Å². The quantitative estimate of drug-likeness (QED) is 0.807. The minimum atomic E-state index is -0.290. The molecule has 1 aliphatic rings. The zero-order valence-electron chi connectivity index (χ0n) is 15.8. The van der Waals surface area contributed by atoms with Gasteiger partial charge in [0, 0.05) is 18.0 Å². The molecule has 2 N–H and O–H groups in total. The number of nitrogens with zero attached hydrogens (tertiary/aromatic N) is 1. The highest BCUT2D eigenvalue weighted by atomic mass is 32.2. The van der Waals surface area contributed by atoms with E-state index in [-0.39, 0.29) is 29.9 Å². The highest BCUT2D eigenvalue weighted by Gasteiger charge is 2.29. The average Bonchev–Trinajstić information content (AvgIpc) is 2.68. The van der Waals surface area contributed by atoms with Crippen molar-refractivity contribution in [3.8, 4) is 6.07 Å². The maximum Gasteiger partial charge on any atom is 0.234 e. The van der Waals surface area contributed by atoms with Crippen LogP contribution in [-0.2, 0) is 9.59 Å². The predicted octanol–water partition coefficient (Wildman–Crippen LogP) is 4.01. The normalized spacial score (nSPS) is 16.3. The molecule has 28 heavy (non-hydrogen) atoms. The van der Waals surface area contributed by atoms with Crippen molar-refractivity contribution in [2.75, 3.05) is 11.1 Å². The van der Waals surface area contributed by atoms with Gasteiger partial charge in [0.15, 0.2) is 0 Å². The van der Waals surface area contributed by atoms with Crippen LogP contribution in [0.3, 0.4) is 0 Å². The Morgan fingerprint density at radius 1 is 1.21 bits per heavy atom. The molecule has 0 bridgehead atoms. The van der Waals surface area contributed by atoms with Gasteiger partial charge < -0.3 is 10.6 Å². The third kappa shape index (κ3) is 4.62. The first-order valence-electron chi connectivity index (χ1n) is 8.97. The molecule has 1 heterocycles. The lowest BCUT2D eigenvalue weighted by Crippen LogP contribution is -2.31. The van der Waals surface area contributed by atoms with Gasteiger partial charge in [-0.1, -0.05) is 59.8 Å². The largest absolute Gasteiger partial charge is 0.325 e. The van der Waals surface area contributed by atoms with Crippen LogP contribution >= 0.6 is 11.8 Å². The summed E-state index contributed by atoms with van der Waals surface area (Å²) < 4.78 is 0. The number of carbonyl (C=O) groups is 2. The molecule has 0 saturated heterocycles. The molecule has 2 aromatic rings. The van der Waals surface area contributed by atoms with Crippen molar-refractivity contribution in [1.29, 1.82) is 5.26 Å². The van der Waals surface area contributed by atoms with Crippen LogP contribution in [0.4, 0.5) is 5.69 Å². The fourth-order valence-electron chi connectivity index (χ4n) is 3.05. The molecule has 6 heteroatoms. The van der Waals surface area contributed by atoms with Gasteiger partial charge in [-0.15, -0.1) is 0 Å². The molecule has 2 amide bonds. The van der Waals surface area contributed by atoms with Crippen molar-refractivity contribution in [2.24, 2.45) is 0 Å². The molecule has 0 radical (unpaired) electrons. The molecule has 5 nitrogen and oxygen atoms in total. The van der Waals surface area contributed by atoms with Crippen molar-refractivity contribution >= 4 is 29.3 Å². The van der Waals surface area contributed by atoms with E-state index in [1.54, 1.807) is 0 Å². The van der Waals surface area contributed by atoms with E-state index < -0.39 is 0 Å². The molecule has 142 valence electrons. The van der Waals surface area contributed by atoms with Crippen molar-refractivity contribution in [3.05, 3.63) is 75.8 Å². The molecule has 0 saturated carbocycles.